The van der Waals surface area contributed by atoms with Crippen LogP contribution in [0.3, 0.4) is 0 Å². The molecule has 0 spiro atoms. The van der Waals surface area contributed by atoms with E-state index in [2.05, 4.69) is 4.74 Å². The van der Waals surface area contributed by atoms with Crippen LogP contribution in [0.15, 0.2) is 12.2 Å². The summed E-state index contributed by atoms with van der Waals surface area (Å²) in [4.78, 5) is 0. The summed E-state index contributed by atoms with van der Waals surface area (Å²) >= 11 is 0. The summed E-state index contributed by atoms with van der Waals surface area (Å²) in [6, 6.07) is 0. The molecule has 0 saturated heterocycles. The summed E-state index contributed by atoms with van der Waals surface area (Å²) in [5, 5.41) is 0. The molecule has 0 radical (unpaired) electrons. The van der Waals surface area contributed by atoms with E-state index in [1.165, 1.54) is 6.08 Å². The molecule has 102 valence electrons. The number of alkyl halides is 6. The Morgan fingerprint density at radius 3 is 1.71 bits per heavy atom. The van der Waals surface area contributed by atoms with Crippen LogP contribution in [0.25, 0.3) is 0 Å². The first-order chi connectivity index (χ1) is 7.42. The Kier molecular flexibility index (Phi) is 5.06. The third-order valence-electron chi connectivity index (χ3n) is 2.07. The summed E-state index contributed by atoms with van der Waals surface area (Å²) < 4.78 is 77.9. The number of hydrogen-bond donors (Lipinski definition) is 0. The van der Waals surface area contributed by atoms with Gasteiger partial charge in [0.1, 0.15) is 0 Å². The lowest BCUT2D eigenvalue weighted by atomic mass is 10.1. The number of hydrogen-bond acceptors (Lipinski definition) is 1. The van der Waals surface area contributed by atoms with Gasteiger partial charge in [0.15, 0.2) is 0 Å². The number of halogens is 6. The lowest BCUT2D eigenvalue weighted by Gasteiger charge is -2.33. The Morgan fingerprint density at radius 1 is 1.00 bits per heavy atom. The van der Waals surface area contributed by atoms with Gasteiger partial charge in [-0.1, -0.05) is 26.0 Å². The summed E-state index contributed by atoms with van der Waals surface area (Å²) in [5.74, 6) is 0.0293. The lowest BCUT2D eigenvalue weighted by molar-refractivity contribution is -0.371. The van der Waals surface area contributed by atoms with E-state index in [9.17, 15) is 26.3 Å². The fraction of sp³-hybridized carbons (Fsp3) is 0.800. The van der Waals surface area contributed by atoms with Crippen LogP contribution in [-0.4, -0.2) is 24.6 Å². The molecule has 0 rings (SSSR count). The third-order valence-corrected chi connectivity index (χ3v) is 2.07. The fourth-order valence-electron chi connectivity index (χ4n) is 0.867. The van der Waals surface area contributed by atoms with Crippen molar-refractivity contribution in [2.45, 2.75) is 38.7 Å². The smallest absolute Gasteiger partial charge is 0.354 e. The fourth-order valence-corrected chi connectivity index (χ4v) is 0.867. The molecule has 1 nitrogen and oxygen atoms in total. The molecule has 0 aliphatic carbocycles. The molecule has 0 aliphatic heterocycles. The Morgan fingerprint density at radius 2 is 1.41 bits per heavy atom. The van der Waals surface area contributed by atoms with Gasteiger partial charge in [0.25, 0.3) is 5.60 Å². The van der Waals surface area contributed by atoms with E-state index >= 15 is 0 Å². The SMILES string of the molecule is CC(C)/C=C\COC(C)(C(F)(F)F)C(F)(F)F. The van der Waals surface area contributed by atoms with E-state index < -0.39 is 24.6 Å². The molecule has 0 unspecified atom stereocenters. The van der Waals surface area contributed by atoms with Crippen molar-refractivity contribution in [3.8, 4) is 0 Å². The molecule has 0 bridgehead atoms. The average molecular weight is 264 g/mol. The van der Waals surface area contributed by atoms with E-state index in [1.807, 2.05) is 0 Å². The highest BCUT2D eigenvalue weighted by atomic mass is 19.4. The van der Waals surface area contributed by atoms with Crippen molar-refractivity contribution in [1.82, 2.24) is 0 Å². The molecule has 0 aromatic carbocycles. The highest BCUT2D eigenvalue weighted by Crippen LogP contribution is 2.45. The predicted octanol–water partition coefficient (Wildman–Crippen LogP) is 4.10. The van der Waals surface area contributed by atoms with E-state index in [-0.39, 0.29) is 12.8 Å². The quantitative estimate of drug-likeness (QED) is 0.548. The molecule has 0 aromatic heterocycles. The lowest BCUT2D eigenvalue weighted by Crippen LogP contribution is -2.56. The third kappa shape index (κ3) is 4.22. The molecule has 0 aliphatic rings. The molecule has 0 atom stereocenters. The zero-order valence-corrected chi connectivity index (χ0v) is 9.62. The van der Waals surface area contributed by atoms with Gasteiger partial charge < -0.3 is 4.74 Å². The van der Waals surface area contributed by atoms with Crippen LogP contribution < -0.4 is 0 Å². The molecular weight excluding hydrogens is 250 g/mol. The topological polar surface area (TPSA) is 9.23 Å². The Bertz CT molecular complexity index is 249. The van der Waals surface area contributed by atoms with E-state index in [1.54, 1.807) is 13.8 Å². The van der Waals surface area contributed by atoms with Gasteiger partial charge in [-0.25, -0.2) is 0 Å². The van der Waals surface area contributed by atoms with Crippen molar-refractivity contribution in [2.75, 3.05) is 6.61 Å². The molecule has 0 saturated carbocycles. The van der Waals surface area contributed by atoms with Gasteiger partial charge >= 0.3 is 12.4 Å². The van der Waals surface area contributed by atoms with Crippen LogP contribution in [0.1, 0.15) is 20.8 Å². The first-order valence-corrected chi connectivity index (χ1v) is 4.86. The van der Waals surface area contributed by atoms with Gasteiger partial charge in [0, 0.05) is 0 Å². The minimum atomic E-state index is -5.50. The summed E-state index contributed by atoms with van der Waals surface area (Å²) in [6.45, 7) is 2.72. The van der Waals surface area contributed by atoms with Crippen LogP contribution in [0.2, 0.25) is 0 Å². The van der Waals surface area contributed by atoms with Crippen molar-refractivity contribution < 1.29 is 31.1 Å². The first-order valence-electron chi connectivity index (χ1n) is 4.86. The zero-order chi connectivity index (χ0) is 13.9. The average Bonchev–Trinajstić information content (AvgIpc) is 2.07. The highest BCUT2D eigenvalue weighted by molar-refractivity contribution is 4.93. The summed E-state index contributed by atoms with van der Waals surface area (Å²) in [7, 11) is 0. The predicted molar refractivity (Wildman–Crippen MR) is 50.4 cm³/mol. The van der Waals surface area contributed by atoms with Crippen molar-refractivity contribution in [1.29, 1.82) is 0 Å². The van der Waals surface area contributed by atoms with Crippen LogP contribution in [0.5, 0.6) is 0 Å². The van der Waals surface area contributed by atoms with Crippen molar-refractivity contribution in [2.24, 2.45) is 5.92 Å². The normalized spacial score (nSPS) is 14.9. The molecule has 0 heterocycles. The van der Waals surface area contributed by atoms with Gasteiger partial charge in [-0.15, -0.1) is 0 Å². The van der Waals surface area contributed by atoms with Gasteiger partial charge in [-0.05, 0) is 12.8 Å². The van der Waals surface area contributed by atoms with Gasteiger partial charge in [-0.3, -0.25) is 0 Å². The van der Waals surface area contributed by atoms with Gasteiger partial charge in [-0.2, -0.15) is 26.3 Å². The molecule has 17 heavy (non-hydrogen) atoms. The molecule has 0 aromatic rings. The van der Waals surface area contributed by atoms with Gasteiger partial charge in [0.2, 0.25) is 0 Å². The Hall–Kier alpha value is -0.720. The van der Waals surface area contributed by atoms with E-state index in [0.29, 0.717) is 0 Å². The molecule has 7 heteroatoms. The second kappa shape index (κ2) is 5.29. The van der Waals surface area contributed by atoms with Crippen molar-refractivity contribution in [3.05, 3.63) is 12.2 Å². The molecule has 0 N–H and O–H groups in total. The maximum absolute atomic E-state index is 12.3. The minimum Gasteiger partial charge on any atom is -0.354 e. The minimum absolute atomic E-state index is 0.0176. The second-order valence-corrected chi connectivity index (χ2v) is 4.01. The maximum Gasteiger partial charge on any atom is 0.426 e. The Balaban J connectivity index is 4.77. The van der Waals surface area contributed by atoms with Crippen molar-refractivity contribution >= 4 is 0 Å². The number of ether oxygens (including phenoxy) is 1. The van der Waals surface area contributed by atoms with Crippen LogP contribution in [-0.2, 0) is 4.74 Å². The summed E-state index contributed by atoms with van der Waals surface area (Å²) in [5.41, 5.74) is -4.14. The first kappa shape index (κ1) is 16.3. The van der Waals surface area contributed by atoms with Crippen LogP contribution in [0.4, 0.5) is 26.3 Å². The molecule has 0 fully saturated rings. The zero-order valence-electron chi connectivity index (χ0n) is 9.62. The van der Waals surface area contributed by atoms with E-state index in [0.717, 1.165) is 6.08 Å². The maximum atomic E-state index is 12.3. The number of allylic oxidation sites excluding steroid dienone is 1. The van der Waals surface area contributed by atoms with Crippen LogP contribution >= 0.6 is 0 Å². The monoisotopic (exact) mass is 264 g/mol. The van der Waals surface area contributed by atoms with Crippen LogP contribution in [0, 0.1) is 5.92 Å². The molecular formula is C10H14F6O. The second-order valence-electron chi connectivity index (χ2n) is 4.01. The van der Waals surface area contributed by atoms with Gasteiger partial charge in [0.05, 0.1) is 6.61 Å². The molecule has 0 amide bonds. The standard InChI is InChI=1S/C10H14F6O/c1-7(2)5-4-6-17-8(3,9(11,12)13)10(14,15)16/h4-5,7H,6H2,1-3H3/b5-4-. The largest absolute Gasteiger partial charge is 0.426 e. The summed E-state index contributed by atoms with van der Waals surface area (Å²) in [6.07, 6.45) is -8.40. The van der Waals surface area contributed by atoms with E-state index in [4.69, 9.17) is 0 Å². The Labute approximate surface area is 95.4 Å². The highest BCUT2D eigenvalue weighted by Gasteiger charge is 2.69. The number of rotatable bonds is 4. The van der Waals surface area contributed by atoms with Crippen molar-refractivity contribution in [3.63, 3.8) is 0 Å².